The van der Waals surface area contributed by atoms with Gasteiger partial charge in [0.05, 0.1) is 19.3 Å². The van der Waals surface area contributed by atoms with Crippen LogP contribution in [0.5, 0.6) is 11.5 Å². The van der Waals surface area contributed by atoms with E-state index in [1.807, 2.05) is 6.92 Å². The topological polar surface area (TPSA) is 65.0 Å². The van der Waals surface area contributed by atoms with Crippen molar-refractivity contribution in [1.29, 1.82) is 0 Å². The molecule has 0 aliphatic carbocycles. The van der Waals surface area contributed by atoms with Crippen LogP contribution in [0.1, 0.15) is 26.3 Å². The van der Waals surface area contributed by atoms with E-state index in [0.29, 0.717) is 18.1 Å². The van der Waals surface area contributed by atoms with Crippen molar-refractivity contribution in [2.24, 2.45) is 0 Å². The smallest absolute Gasteiger partial charge is 0.344 e. The molecule has 106 valence electrons. The van der Waals surface area contributed by atoms with Gasteiger partial charge in [-0.2, -0.15) is 0 Å². The number of esters is 1. The van der Waals surface area contributed by atoms with Crippen molar-refractivity contribution in [3.8, 4) is 11.5 Å². The molecule has 1 rings (SSSR count). The summed E-state index contributed by atoms with van der Waals surface area (Å²) in [4.78, 5) is 11.4. The third kappa shape index (κ3) is 5.18. The Balaban J connectivity index is 2.68. The summed E-state index contributed by atoms with van der Waals surface area (Å²) in [6.45, 7) is 5.63. The molecule has 1 aromatic rings. The van der Waals surface area contributed by atoms with Crippen LogP contribution >= 0.6 is 0 Å². The van der Waals surface area contributed by atoms with Crippen molar-refractivity contribution in [2.45, 2.75) is 33.5 Å². The molecule has 1 N–H and O–H groups in total. The maximum Gasteiger partial charge on any atom is 0.344 e. The third-order valence-corrected chi connectivity index (χ3v) is 2.20. The van der Waals surface area contributed by atoms with Gasteiger partial charge in [0, 0.05) is 0 Å². The minimum Gasteiger partial charge on any atom is -0.490 e. The zero-order chi connectivity index (χ0) is 14.3. The lowest BCUT2D eigenvalue weighted by Gasteiger charge is -2.13. The average molecular weight is 268 g/mol. The third-order valence-electron chi connectivity index (χ3n) is 2.20. The molecule has 1 aromatic carbocycles. The first-order chi connectivity index (χ1) is 9.06. The molecular formula is C14H20O5. The van der Waals surface area contributed by atoms with Gasteiger partial charge in [0.1, 0.15) is 0 Å². The summed E-state index contributed by atoms with van der Waals surface area (Å²) in [6, 6.07) is 5.07. The van der Waals surface area contributed by atoms with E-state index in [-0.39, 0.29) is 19.3 Å². The minimum atomic E-state index is -0.427. The van der Waals surface area contributed by atoms with Crippen molar-refractivity contribution in [3.05, 3.63) is 23.8 Å². The van der Waals surface area contributed by atoms with E-state index < -0.39 is 5.97 Å². The van der Waals surface area contributed by atoms with Gasteiger partial charge in [-0.1, -0.05) is 6.07 Å². The zero-order valence-corrected chi connectivity index (χ0v) is 11.5. The molecule has 0 radical (unpaired) electrons. The van der Waals surface area contributed by atoms with E-state index in [2.05, 4.69) is 0 Å². The monoisotopic (exact) mass is 268 g/mol. The summed E-state index contributed by atoms with van der Waals surface area (Å²) in [5.41, 5.74) is 0.723. The Morgan fingerprint density at radius 2 is 2.00 bits per heavy atom. The van der Waals surface area contributed by atoms with E-state index in [1.165, 1.54) is 0 Å². The van der Waals surface area contributed by atoms with Gasteiger partial charge in [0.2, 0.25) is 0 Å². The second-order valence-corrected chi connectivity index (χ2v) is 4.20. The predicted octanol–water partition coefficient (Wildman–Crippen LogP) is 1.91. The van der Waals surface area contributed by atoms with Gasteiger partial charge in [-0.3, -0.25) is 0 Å². The fraction of sp³-hybridized carbons (Fsp3) is 0.500. The molecule has 19 heavy (non-hydrogen) atoms. The highest BCUT2D eigenvalue weighted by Crippen LogP contribution is 2.28. The van der Waals surface area contributed by atoms with Crippen LogP contribution in [0.15, 0.2) is 18.2 Å². The zero-order valence-electron chi connectivity index (χ0n) is 11.5. The van der Waals surface area contributed by atoms with Crippen LogP contribution in [0.3, 0.4) is 0 Å². The van der Waals surface area contributed by atoms with Gasteiger partial charge in [-0.15, -0.1) is 0 Å². The average Bonchev–Trinajstić information content (AvgIpc) is 2.36. The first-order valence-electron chi connectivity index (χ1n) is 6.25. The largest absolute Gasteiger partial charge is 0.490 e. The highest BCUT2D eigenvalue weighted by molar-refractivity contribution is 5.71. The molecule has 0 fully saturated rings. The normalized spacial score (nSPS) is 10.4. The Morgan fingerprint density at radius 3 is 2.58 bits per heavy atom. The van der Waals surface area contributed by atoms with Crippen molar-refractivity contribution in [1.82, 2.24) is 0 Å². The van der Waals surface area contributed by atoms with Gasteiger partial charge in [0.25, 0.3) is 0 Å². The molecule has 5 heteroatoms. The quantitative estimate of drug-likeness (QED) is 0.765. The summed E-state index contributed by atoms with van der Waals surface area (Å²) < 4.78 is 15.7. The van der Waals surface area contributed by atoms with Crippen LogP contribution in [0.25, 0.3) is 0 Å². The second kappa shape index (κ2) is 7.63. The fourth-order valence-electron chi connectivity index (χ4n) is 1.47. The molecule has 0 heterocycles. The van der Waals surface area contributed by atoms with Crippen LogP contribution in [0.2, 0.25) is 0 Å². The minimum absolute atomic E-state index is 0.0737. The summed E-state index contributed by atoms with van der Waals surface area (Å²) in [5, 5.41) is 9.07. The van der Waals surface area contributed by atoms with Gasteiger partial charge in [0.15, 0.2) is 18.1 Å². The summed E-state index contributed by atoms with van der Waals surface area (Å²) >= 11 is 0. The summed E-state index contributed by atoms with van der Waals surface area (Å²) in [5.74, 6) is 0.537. The number of carbonyl (C=O) groups is 1. The highest BCUT2D eigenvalue weighted by atomic mass is 16.6. The predicted molar refractivity (Wildman–Crippen MR) is 70.3 cm³/mol. The Bertz CT molecular complexity index is 414. The molecule has 0 aliphatic rings. The van der Waals surface area contributed by atoms with Gasteiger partial charge >= 0.3 is 5.97 Å². The number of hydrogen-bond acceptors (Lipinski definition) is 5. The standard InChI is InChI=1S/C14H20O5/c1-4-17-13-7-11(8-15)5-6-12(13)18-9-14(16)19-10(2)3/h5-7,10,15H,4,8-9H2,1-3H3. The molecule has 0 unspecified atom stereocenters. The van der Waals surface area contributed by atoms with Crippen molar-refractivity contribution in [3.63, 3.8) is 0 Å². The maximum absolute atomic E-state index is 11.4. The van der Waals surface area contributed by atoms with Crippen LogP contribution < -0.4 is 9.47 Å². The number of rotatable bonds is 7. The molecule has 0 bridgehead atoms. The Kier molecular flexibility index (Phi) is 6.15. The van der Waals surface area contributed by atoms with Crippen molar-refractivity contribution in [2.75, 3.05) is 13.2 Å². The molecule has 0 aliphatic heterocycles. The van der Waals surface area contributed by atoms with Gasteiger partial charge < -0.3 is 19.3 Å². The highest BCUT2D eigenvalue weighted by Gasteiger charge is 2.10. The van der Waals surface area contributed by atoms with Gasteiger partial charge in [-0.05, 0) is 38.5 Å². The maximum atomic E-state index is 11.4. The fourth-order valence-corrected chi connectivity index (χ4v) is 1.47. The van der Waals surface area contributed by atoms with Crippen molar-refractivity contribution >= 4 is 5.97 Å². The van der Waals surface area contributed by atoms with E-state index in [0.717, 1.165) is 5.56 Å². The lowest BCUT2D eigenvalue weighted by atomic mass is 10.2. The Hall–Kier alpha value is -1.75. The Morgan fingerprint density at radius 1 is 1.26 bits per heavy atom. The van der Waals surface area contributed by atoms with Crippen LogP contribution in [-0.4, -0.2) is 30.4 Å². The second-order valence-electron chi connectivity index (χ2n) is 4.20. The van der Waals surface area contributed by atoms with Crippen LogP contribution in [0, 0.1) is 0 Å². The number of ether oxygens (including phenoxy) is 3. The summed E-state index contributed by atoms with van der Waals surface area (Å²) in [7, 11) is 0. The number of benzene rings is 1. The van der Waals surface area contributed by atoms with Crippen molar-refractivity contribution < 1.29 is 24.1 Å². The molecule has 5 nitrogen and oxygen atoms in total. The molecular weight excluding hydrogens is 248 g/mol. The lowest BCUT2D eigenvalue weighted by molar-refractivity contribution is -0.149. The lowest BCUT2D eigenvalue weighted by Crippen LogP contribution is -2.19. The molecule has 0 saturated heterocycles. The summed E-state index contributed by atoms with van der Waals surface area (Å²) in [6.07, 6.45) is -0.167. The number of carbonyl (C=O) groups excluding carboxylic acids is 1. The molecule has 0 spiro atoms. The molecule has 0 atom stereocenters. The molecule has 0 saturated carbocycles. The first-order valence-corrected chi connectivity index (χ1v) is 6.25. The van der Waals surface area contributed by atoms with Gasteiger partial charge in [-0.25, -0.2) is 4.79 Å². The number of aliphatic hydroxyl groups excluding tert-OH is 1. The Labute approximate surface area is 113 Å². The van der Waals surface area contributed by atoms with E-state index in [4.69, 9.17) is 19.3 Å². The van der Waals surface area contributed by atoms with E-state index in [1.54, 1.807) is 32.0 Å². The number of hydrogen-bond donors (Lipinski definition) is 1. The SMILES string of the molecule is CCOc1cc(CO)ccc1OCC(=O)OC(C)C. The van der Waals surface area contributed by atoms with E-state index in [9.17, 15) is 4.79 Å². The number of aliphatic hydroxyl groups is 1. The van der Waals surface area contributed by atoms with Crippen LogP contribution in [0.4, 0.5) is 0 Å². The molecule has 0 amide bonds. The molecule has 0 aromatic heterocycles. The van der Waals surface area contributed by atoms with Crippen LogP contribution in [-0.2, 0) is 16.1 Å². The van der Waals surface area contributed by atoms with E-state index >= 15 is 0 Å². The first kappa shape index (κ1) is 15.3.